The van der Waals surface area contributed by atoms with Crippen LogP contribution in [0.15, 0.2) is 24.3 Å². The molecular formula is C19H29. The quantitative estimate of drug-likeness (QED) is 0.541. The second-order valence-corrected chi connectivity index (χ2v) is 6.33. The largest absolute Gasteiger partial charge is 0.0654 e. The maximum Gasteiger partial charge on any atom is -0.0184 e. The second-order valence-electron chi connectivity index (χ2n) is 6.33. The number of aryl methyl sites for hydroxylation is 1. The molecule has 1 radical (unpaired) electrons. The van der Waals surface area contributed by atoms with Crippen LogP contribution in [0.25, 0.3) is 0 Å². The van der Waals surface area contributed by atoms with Crippen LogP contribution < -0.4 is 0 Å². The van der Waals surface area contributed by atoms with Crippen molar-refractivity contribution in [3.05, 3.63) is 35.9 Å². The molecule has 1 fully saturated rings. The Balaban J connectivity index is 1.61. The maximum absolute atomic E-state index is 3.10. The number of rotatable bonds is 7. The Kier molecular flexibility index (Phi) is 6.47. The molecule has 1 aromatic carbocycles. The molecule has 1 aliphatic carbocycles. The summed E-state index contributed by atoms with van der Waals surface area (Å²) in [5.41, 5.74) is 1.49. The molecule has 0 heterocycles. The Labute approximate surface area is 119 Å². The minimum Gasteiger partial charge on any atom is -0.0654 e. The van der Waals surface area contributed by atoms with Gasteiger partial charge in [0.05, 0.1) is 0 Å². The minimum atomic E-state index is 0.992. The molecule has 0 spiro atoms. The van der Waals surface area contributed by atoms with Crippen LogP contribution in [0.3, 0.4) is 0 Å². The third-order valence-corrected chi connectivity index (χ3v) is 4.81. The first-order chi connectivity index (χ1) is 9.38. The van der Waals surface area contributed by atoms with E-state index in [0.29, 0.717) is 0 Å². The molecule has 19 heavy (non-hydrogen) atoms. The van der Waals surface area contributed by atoms with Gasteiger partial charge in [-0.25, -0.2) is 0 Å². The van der Waals surface area contributed by atoms with Crippen LogP contribution in [0.5, 0.6) is 0 Å². The van der Waals surface area contributed by atoms with Gasteiger partial charge in [-0.2, -0.15) is 0 Å². The van der Waals surface area contributed by atoms with Crippen LogP contribution in [0.2, 0.25) is 0 Å². The number of benzene rings is 1. The van der Waals surface area contributed by atoms with Gasteiger partial charge in [0.15, 0.2) is 0 Å². The first-order valence-electron chi connectivity index (χ1n) is 8.33. The fourth-order valence-corrected chi connectivity index (χ4v) is 3.45. The number of hydrogen-bond donors (Lipinski definition) is 0. The SMILES string of the molecule is CCCCC[C@H]1CC[C@H](CCc2cc[c]cc2)CC1. The van der Waals surface area contributed by atoms with Gasteiger partial charge in [-0.1, -0.05) is 82.6 Å². The maximum atomic E-state index is 3.10. The van der Waals surface area contributed by atoms with E-state index in [0.717, 1.165) is 11.8 Å². The predicted octanol–water partition coefficient (Wildman–Crippen LogP) is 5.81. The van der Waals surface area contributed by atoms with Crippen molar-refractivity contribution in [2.75, 3.05) is 0 Å². The average molecular weight is 257 g/mol. The number of unbranched alkanes of at least 4 members (excludes halogenated alkanes) is 2. The highest BCUT2D eigenvalue weighted by Crippen LogP contribution is 2.34. The monoisotopic (exact) mass is 257 g/mol. The van der Waals surface area contributed by atoms with Crippen molar-refractivity contribution in [3.63, 3.8) is 0 Å². The lowest BCUT2D eigenvalue weighted by molar-refractivity contribution is 0.249. The molecule has 1 saturated carbocycles. The van der Waals surface area contributed by atoms with Gasteiger partial charge in [0, 0.05) is 0 Å². The minimum absolute atomic E-state index is 0.992. The fraction of sp³-hybridized carbons (Fsp3) is 0.684. The zero-order chi connectivity index (χ0) is 13.3. The summed E-state index contributed by atoms with van der Waals surface area (Å²) in [6.45, 7) is 2.30. The summed E-state index contributed by atoms with van der Waals surface area (Å²) in [5, 5.41) is 0. The summed E-state index contributed by atoms with van der Waals surface area (Å²) in [4.78, 5) is 0. The van der Waals surface area contributed by atoms with Gasteiger partial charge in [-0.3, -0.25) is 0 Å². The first-order valence-corrected chi connectivity index (χ1v) is 8.33. The van der Waals surface area contributed by atoms with Crippen molar-refractivity contribution in [1.29, 1.82) is 0 Å². The Morgan fingerprint density at radius 3 is 2.21 bits per heavy atom. The molecule has 0 aliphatic heterocycles. The van der Waals surface area contributed by atoms with Gasteiger partial charge in [0.2, 0.25) is 0 Å². The van der Waals surface area contributed by atoms with Crippen molar-refractivity contribution >= 4 is 0 Å². The van der Waals surface area contributed by atoms with Crippen LogP contribution in [-0.2, 0) is 6.42 Å². The molecule has 0 atom stereocenters. The topological polar surface area (TPSA) is 0 Å². The normalized spacial score (nSPS) is 23.4. The predicted molar refractivity (Wildman–Crippen MR) is 83.2 cm³/mol. The standard InChI is InChI=1S/C19H29/c1-2-3-5-8-18-12-15-19(16-13-18)14-11-17-9-6-4-7-10-17/h6-7,9-10,18-19H,2-3,5,8,11-16H2,1H3/t18-,19-. The van der Waals surface area contributed by atoms with E-state index in [1.54, 1.807) is 0 Å². The molecule has 2 rings (SSSR count). The Morgan fingerprint density at radius 1 is 0.947 bits per heavy atom. The molecule has 0 aromatic heterocycles. The van der Waals surface area contributed by atoms with Crippen molar-refractivity contribution in [3.8, 4) is 0 Å². The highest BCUT2D eigenvalue weighted by molar-refractivity contribution is 5.13. The summed E-state index contributed by atoms with van der Waals surface area (Å²) in [6, 6.07) is 11.6. The zero-order valence-corrected chi connectivity index (χ0v) is 12.5. The molecule has 0 bridgehead atoms. The van der Waals surface area contributed by atoms with E-state index in [1.165, 1.54) is 69.8 Å². The molecule has 105 valence electrons. The van der Waals surface area contributed by atoms with Crippen LogP contribution >= 0.6 is 0 Å². The molecular weight excluding hydrogens is 228 g/mol. The van der Waals surface area contributed by atoms with Crippen LogP contribution in [0, 0.1) is 17.9 Å². The average Bonchev–Trinajstić information content (AvgIpc) is 2.48. The number of hydrogen-bond acceptors (Lipinski definition) is 0. The Bertz CT molecular complexity index is 319. The van der Waals surface area contributed by atoms with Crippen molar-refractivity contribution in [2.45, 2.75) is 71.1 Å². The highest BCUT2D eigenvalue weighted by atomic mass is 14.3. The first kappa shape index (κ1) is 14.6. The second kappa shape index (κ2) is 8.40. The van der Waals surface area contributed by atoms with Gasteiger partial charge >= 0.3 is 0 Å². The molecule has 0 nitrogen and oxygen atoms in total. The summed E-state index contributed by atoms with van der Waals surface area (Å²) in [7, 11) is 0. The lowest BCUT2D eigenvalue weighted by Gasteiger charge is -2.28. The van der Waals surface area contributed by atoms with E-state index in [9.17, 15) is 0 Å². The molecule has 0 N–H and O–H groups in total. The van der Waals surface area contributed by atoms with Crippen molar-refractivity contribution in [1.82, 2.24) is 0 Å². The lowest BCUT2D eigenvalue weighted by Crippen LogP contribution is -2.15. The Morgan fingerprint density at radius 2 is 1.58 bits per heavy atom. The molecule has 1 aromatic rings. The van der Waals surface area contributed by atoms with E-state index in [1.807, 2.05) is 12.1 Å². The van der Waals surface area contributed by atoms with E-state index in [4.69, 9.17) is 0 Å². The van der Waals surface area contributed by atoms with E-state index < -0.39 is 0 Å². The third-order valence-electron chi connectivity index (χ3n) is 4.81. The van der Waals surface area contributed by atoms with Gasteiger partial charge in [-0.05, 0) is 36.3 Å². The van der Waals surface area contributed by atoms with Gasteiger partial charge in [-0.15, -0.1) is 0 Å². The smallest absolute Gasteiger partial charge is 0.0184 e. The van der Waals surface area contributed by atoms with Crippen molar-refractivity contribution in [2.24, 2.45) is 11.8 Å². The van der Waals surface area contributed by atoms with Crippen molar-refractivity contribution < 1.29 is 0 Å². The molecule has 0 saturated heterocycles. The van der Waals surface area contributed by atoms with Gasteiger partial charge in [0.1, 0.15) is 0 Å². The van der Waals surface area contributed by atoms with E-state index >= 15 is 0 Å². The molecule has 0 unspecified atom stereocenters. The van der Waals surface area contributed by atoms with E-state index in [2.05, 4.69) is 25.1 Å². The third kappa shape index (κ3) is 5.38. The zero-order valence-electron chi connectivity index (χ0n) is 12.5. The van der Waals surface area contributed by atoms with Gasteiger partial charge < -0.3 is 0 Å². The fourth-order valence-electron chi connectivity index (χ4n) is 3.45. The van der Waals surface area contributed by atoms with Crippen LogP contribution in [-0.4, -0.2) is 0 Å². The summed E-state index contributed by atoms with van der Waals surface area (Å²) in [6.07, 6.45) is 14.4. The molecule has 0 heteroatoms. The summed E-state index contributed by atoms with van der Waals surface area (Å²) < 4.78 is 0. The summed E-state index contributed by atoms with van der Waals surface area (Å²) >= 11 is 0. The van der Waals surface area contributed by atoms with Gasteiger partial charge in [0.25, 0.3) is 0 Å². The highest BCUT2D eigenvalue weighted by Gasteiger charge is 2.20. The molecule has 0 amide bonds. The van der Waals surface area contributed by atoms with Crippen LogP contribution in [0.4, 0.5) is 0 Å². The van der Waals surface area contributed by atoms with Crippen LogP contribution in [0.1, 0.15) is 70.3 Å². The lowest BCUT2D eigenvalue weighted by atomic mass is 9.78. The summed E-state index contributed by atoms with van der Waals surface area (Å²) in [5.74, 6) is 2.04. The van der Waals surface area contributed by atoms with E-state index in [-0.39, 0.29) is 0 Å². The molecule has 1 aliphatic rings. The Hall–Kier alpha value is -0.780.